The van der Waals surface area contributed by atoms with Crippen molar-refractivity contribution >= 4 is 17.7 Å². The van der Waals surface area contributed by atoms with Crippen LogP contribution in [-0.4, -0.2) is 54.0 Å². The van der Waals surface area contributed by atoms with Crippen LogP contribution in [-0.2, 0) is 20.8 Å². The summed E-state index contributed by atoms with van der Waals surface area (Å²) < 4.78 is 5.58. The van der Waals surface area contributed by atoms with E-state index >= 15 is 0 Å². The van der Waals surface area contributed by atoms with E-state index in [1.807, 2.05) is 39.0 Å². The highest BCUT2D eigenvalue weighted by Crippen LogP contribution is 2.16. The van der Waals surface area contributed by atoms with Crippen LogP contribution in [0.1, 0.15) is 66.9 Å². The van der Waals surface area contributed by atoms with Crippen molar-refractivity contribution in [1.29, 1.82) is 0 Å². The van der Waals surface area contributed by atoms with E-state index in [-0.39, 0.29) is 17.7 Å². The third-order valence-corrected chi connectivity index (χ3v) is 6.00. The highest BCUT2D eigenvalue weighted by atomic mass is 16.5. The molecule has 1 aliphatic rings. The maximum absolute atomic E-state index is 12.5. The maximum atomic E-state index is 12.5. The Kier molecular flexibility index (Phi) is 14.9. The van der Waals surface area contributed by atoms with Crippen molar-refractivity contribution in [2.75, 3.05) is 13.2 Å². The van der Waals surface area contributed by atoms with Crippen LogP contribution < -0.4 is 26.5 Å². The van der Waals surface area contributed by atoms with E-state index in [9.17, 15) is 14.4 Å². The number of allylic oxidation sites excluding steroid dienone is 2. The van der Waals surface area contributed by atoms with E-state index in [0.29, 0.717) is 37.6 Å². The lowest BCUT2D eigenvalue weighted by molar-refractivity contribution is -0.142. The number of hydrogen-bond acceptors (Lipinski definition) is 6. The van der Waals surface area contributed by atoms with Crippen LogP contribution in [0.15, 0.2) is 48.7 Å². The van der Waals surface area contributed by atoms with Gasteiger partial charge in [-0.05, 0) is 69.6 Å². The van der Waals surface area contributed by atoms with E-state index in [1.165, 1.54) is 10.6 Å². The molecule has 39 heavy (non-hydrogen) atoms. The maximum Gasteiger partial charge on any atom is 0.258 e. The minimum absolute atomic E-state index is 0.0383. The summed E-state index contributed by atoms with van der Waals surface area (Å²) >= 11 is 0. The van der Waals surface area contributed by atoms with Crippen molar-refractivity contribution in [1.82, 2.24) is 21.1 Å². The number of amides is 3. The fourth-order valence-electron chi connectivity index (χ4n) is 4.02. The molecule has 1 aromatic rings. The normalized spacial score (nSPS) is 16.7. The molecule has 1 saturated heterocycles. The van der Waals surface area contributed by atoms with E-state index in [2.05, 4.69) is 54.7 Å². The van der Waals surface area contributed by atoms with Crippen LogP contribution >= 0.6 is 0 Å². The van der Waals surface area contributed by atoms with Crippen molar-refractivity contribution in [2.24, 2.45) is 17.6 Å². The zero-order valence-electron chi connectivity index (χ0n) is 24.8. The minimum atomic E-state index is -0.718. The molecule has 218 valence electrons. The van der Waals surface area contributed by atoms with Crippen LogP contribution in [0.25, 0.3) is 0 Å². The van der Waals surface area contributed by atoms with Crippen molar-refractivity contribution in [2.45, 2.75) is 85.9 Å². The topological polar surface area (TPSA) is 126 Å². The first kappa shape index (κ1) is 33.7. The number of carbonyl (C=O) groups is 3. The summed E-state index contributed by atoms with van der Waals surface area (Å²) in [7, 11) is 0. The molecule has 5 N–H and O–H groups in total. The van der Waals surface area contributed by atoms with E-state index in [1.54, 1.807) is 13.8 Å². The highest BCUT2D eigenvalue weighted by Gasteiger charge is 2.31. The Labute approximate surface area is 234 Å². The number of hydrogen-bond donors (Lipinski definition) is 4. The SMILES string of the molecule is C/C=C/COc1cccc(CC(C)C)c1.C=C(C)NC(C(=O)NC(C)C(=O)N1CCCC(C(N)=O)N1)C(C)C. The van der Waals surface area contributed by atoms with Crippen LogP contribution in [0, 0.1) is 11.8 Å². The molecule has 0 bridgehead atoms. The molecule has 0 aliphatic carbocycles. The van der Waals surface area contributed by atoms with Crippen molar-refractivity contribution in [3.05, 3.63) is 54.3 Å². The van der Waals surface area contributed by atoms with E-state index in [0.717, 1.165) is 12.2 Å². The fourth-order valence-corrected chi connectivity index (χ4v) is 4.02. The summed E-state index contributed by atoms with van der Waals surface area (Å²) in [6.07, 6.45) is 6.39. The largest absolute Gasteiger partial charge is 0.490 e. The second kappa shape index (κ2) is 17.3. The first-order chi connectivity index (χ1) is 18.3. The van der Waals surface area contributed by atoms with Gasteiger partial charge in [0.1, 0.15) is 30.5 Å². The number of benzene rings is 1. The number of nitrogens with two attached hydrogens (primary N) is 1. The van der Waals surface area contributed by atoms with Crippen molar-refractivity contribution in [3.63, 3.8) is 0 Å². The van der Waals surface area contributed by atoms with Gasteiger partial charge in [0, 0.05) is 12.2 Å². The zero-order chi connectivity index (χ0) is 29.5. The van der Waals surface area contributed by atoms with Crippen LogP contribution in [0.5, 0.6) is 5.75 Å². The Balaban J connectivity index is 0.000000434. The van der Waals surface area contributed by atoms with Gasteiger partial charge in [0.05, 0.1) is 0 Å². The van der Waals surface area contributed by atoms with Gasteiger partial charge in [0.15, 0.2) is 0 Å². The molecule has 0 saturated carbocycles. The lowest BCUT2D eigenvalue weighted by Gasteiger charge is -2.34. The molecular weight excluding hydrogens is 494 g/mol. The van der Waals surface area contributed by atoms with Gasteiger partial charge in [-0.3, -0.25) is 19.4 Å². The number of primary amides is 1. The van der Waals surface area contributed by atoms with Crippen LogP contribution in [0.2, 0.25) is 0 Å². The molecule has 3 unspecified atom stereocenters. The third kappa shape index (κ3) is 12.8. The number of ether oxygens (including phenoxy) is 1. The second-order valence-electron chi connectivity index (χ2n) is 10.7. The average Bonchev–Trinajstić information content (AvgIpc) is 2.87. The predicted octanol–water partition coefficient (Wildman–Crippen LogP) is 3.46. The molecule has 1 fully saturated rings. The summed E-state index contributed by atoms with van der Waals surface area (Å²) in [5.74, 6) is 0.637. The number of nitrogens with zero attached hydrogens (tertiary/aromatic N) is 1. The second-order valence-corrected chi connectivity index (χ2v) is 10.7. The first-order valence-corrected chi connectivity index (χ1v) is 13.8. The molecule has 1 aliphatic heterocycles. The number of nitrogens with one attached hydrogen (secondary N) is 3. The number of rotatable bonds is 12. The van der Waals surface area contributed by atoms with Crippen LogP contribution in [0.3, 0.4) is 0 Å². The van der Waals surface area contributed by atoms with E-state index in [4.69, 9.17) is 10.5 Å². The summed E-state index contributed by atoms with van der Waals surface area (Å²) in [4.78, 5) is 36.2. The highest BCUT2D eigenvalue weighted by molar-refractivity contribution is 5.90. The van der Waals surface area contributed by atoms with Gasteiger partial charge < -0.3 is 21.1 Å². The Hall–Kier alpha value is -3.33. The Morgan fingerprint density at radius 3 is 2.46 bits per heavy atom. The molecule has 1 aromatic carbocycles. The molecule has 3 atom stereocenters. The molecule has 0 spiro atoms. The van der Waals surface area contributed by atoms with Gasteiger partial charge >= 0.3 is 0 Å². The third-order valence-electron chi connectivity index (χ3n) is 6.00. The predicted molar refractivity (Wildman–Crippen MR) is 157 cm³/mol. The lowest BCUT2D eigenvalue weighted by atomic mass is 10.0. The molecule has 3 amide bonds. The number of hydrazine groups is 1. The first-order valence-electron chi connectivity index (χ1n) is 13.8. The summed E-state index contributed by atoms with van der Waals surface area (Å²) in [5.41, 5.74) is 10.1. The van der Waals surface area contributed by atoms with Gasteiger partial charge in [-0.1, -0.05) is 58.6 Å². The quantitative estimate of drug-likeness (QED) is 0.299. The summed E-state index contributed by atoms with van der Waals surface area (Å²) in [5, 5.41) is 7.10. The van der Waals surface area contributed by atoms with Gasteiger partial charge in [-0.25, -0.2) is 5.43 Å². The summed E-state index contributed by atoms with van der Waals surface area (Å²) in [6.45, 7) is 18.6. The van der Waals surface area contributed by atoms with Crippen molar-refractivity contribution in [3.8, 4) is 5.75 Å². The average molecular weight is 544 g/mol. The fraction of sp³-hybridized carbons (Fsp3) is 0.567. The molecule has 9 heteroatoms. The van der Waals surface area contributed by atoms with Gasteiger partial charge in [0.25, 0.3) is 5.91 Å². The number of carbonyl (C=O) groups excluding carboxylic acids is 3. The van der Waals surface area contributed by atoms with Gasteiger partial charge in [-0.15, -0.1) is 0 Å². The minimum Gasteiger partial charge on any atom is -0.490 e. The molecular formula is C30H49N5O4. The molecule has 0 aromatic heterocycles. The molecule has 1 heterocycles. The molecule has 0 radical (unpaired) electrons. The summed E-state index contributed by atoms with van der Waals surface area (Å²) in [6, 6.07) is 6.61. The molecule has 2 rings (SSSR count). The van der Waals surface area contributed by atoms with E-state index < -0.39 is 24.0 Å². The Morgan fingerprint density at radius 2 is 1.90 bits per heavy atom. The zero-order valence-corrected chi connectivity index (χ0v) is 24.8. The lowest BCUT2D eigenvalue weighted by Crippen LogP contribution is -2.61. The Morgan fingerprint density at radius 1 is 1.21 bits per heavy atom. The van der Waals surface area contributed by atoms with Gasteiger partial charge in [-0.2, -0.15) is 0 Å². The molecule has 9 nitrogen and oxygen atoms in total. The standard InChI is InChI=1S/C16H29N5O3.C14H20O/c1-9(2)13(18-10(3)4)15(23)19-11(5)16(24)21-8-6-7-12(20-21)14(17)22;1-4-5-9-15-14-8-6-7-13(11-14)10-12(2)3/h9,11-13,18,20H,3,6-8H2,1-2,4-5H3,(H2,17,22)(H,19,23);4-8,11-12H,9-10H2,1-3H3/b;5-4+. The monoisotopic (exact) mass is 543 g/mol. The van der Waals surface area contributed by atoms with Crippen LogP contribution in [0.4, 0.5) is 0 Å². The van der Waals surface area contributed by atoms with Gasteiger partial charge in [0.2, 0.25) is 11.8 Å². The van der Waals surface area contributed by atoms with Crippen molar-refractivity contribution < 1.29 is 19.1 Å². The smallest absolute Gasteiger partial charge is 0.258 e. The Bertz CT molecular complexity index is 976.